The first kappa shape index (κ1) is 19.0. The quantitative estimate of drug-likeness (QED) is 0.627. The van der Waals surface area contributed by atoms with Crippen LogP contribution in [0.15, 0.2) is 55.0 Å². The highest BCUT2D eigenvalue weighted by molar-refractivity contribution is 6.07. The summed E-state index contributed by atoms with van der Waals surface area (Å²) in [4.78, 5) is 38.7. The Morgan fingerprint density at radius 2 is 1.77 bits per heavy atom. The third-order valence-corrected chi connectivity index (χ3v) is 5.82. The minimum atomic E-state index is -0.964. The fourth-order valence-corrected chi connectivity index (χ4v) is 4.16. The molecule has 1 aromatic carbocycles. The number of hydrogen-bond donors (Lipinski definition) is 2. The van der Waals surface area contributed by atoms with Crippen LogP contribution in [0.25, 0.3) is 11.5 Å². The van der Waals surface area contributed by atoms with E-state index in [9.17, 15) is 18.8 Å². The molecule has 0 unspecified atom stereocenters. The summed E-state index contributed by atoms with van der Waals surface area (Å²) in [6, 6.07) is 9.32. The predicted octanol–water partition coefficient (Wildman–Crippen LogP) is 1.62. The van der Waals surface area contributed by atoms with Crippen molar-refractivity contribution in [3.05, 3.63) is 66.4 Å². The number of nitrogens with zero attached hydrogens (tertiary/aromatic N) is 4. The van der Waals surface area contributed by atoms with E-state index < -0.39 is 17.4 Å². The van der Waals surface area contributed by atoms with Crippen LogP contribution in [-0.2, 0) is 4.79 Å². The van der Waals surface area contributed by atoms with Crippen LogP contribution in [0.1, 0.15) is 23.2 Å². The molecule has 3 aromatic rings. The smallest absolute Gasteiger partial charge is 0.322 e. The van der Waals surface area contributed by atoms with E-state index in [1.807, 2.05) is 0 Å². The summed E-state index contributed by atoms with van der Waals surface area (Å²) in [6.07, 6.45) is 5.58. The number of rotatable bonds is 3. The van der Waals surface area contributed by atoms with Gasteiger partial charge in [-0.05, 0) is 37.1 Å². The molecule has 158 valence electrons. The topological polar surface area (TPSA) is 101 Å². The van der Waals surface area contributed by atoms with E-state index in [1.54, 1.807) is 52.2 Å². The van der Waals surface area contributed by atoms with Crippen molar-refractivity contribution in [2.45, 2.75) is 18.4 Å². The molecule has 2 aliphatic rings. The van der Waals surface area contributed by atoms with E-state index in [4.69, 9.17) is 0 Å². The molecule has 2 aromatic heterocycles. The van der Waals surface area contributed by atoms with Crippen LogP contribution in [0.5, 0.6) is 0 Å². The summed E-state index contributed by atoms with van der Waals surface area (Å²) in [7, 11) is 0. The summed E-state index contributed by atoms with van der Waals surface area (Å²) in [6.45, 7) is 0.588. The number of piperidine rings is 1. The van der Waals surface area contributed by atoms with Crippen LogP contribution in [0.2, 0.25) is 0 Å². The van der Waals surface area contributed by atoms with Crippen molar-refractivity contribution in [1.82, 2.24) is 29.9 Å². The molecule has 0 bridgehead atoms. The molecular formula is C21H19FN6O3. The summed E-state index contributed by atoms with van der Waals surface area (Å²) in [5.41, 5.74) is -0.419. The fraction of sp³-hybridized carbons (Fsp3) is 0.238. The lowest BCUT2D eigenvalue weighted by Crippen LogP contribution is -2.55. The van der Waals surface area contributed by atoms with Crippen molar-refractivity contribution in [3.8, 4) is 11.5 Å². The van der Waals surface area contributed by atoms with Gasteiger partial charge < -0.3 is 14.8 Å². The van der Waals surface area contributed by atoms with Gasteiger partial charge in [-0.15, -0.1) is 0 Å². The molecule has 4 heterocycles. The number of likely N-dealkylation sites (tertiary alicyclic amines) is 1. The molecular weight excluding hydrogens is 403 g/mol. The predicted molar refractivity (Wildman–Crippen MR) is 107 cm³/mol. The highest BCUT2D eigenvalue weighted by Crippen LogP contribution is 2.28. The molecule has 0 saturated carbocycles. The molecule has 9 nitrogen and oxygen atoms in total. The first-order valence-electron chi connectivity index (χ1n) is 9.88. The first-order valence-corrected chi connectivity index (χ1v) is 9.88. The summed E-state index contributed by atoms with van der Waals surface area (Å²) in [5, 5.41) is 9.25. The number of urea groups is 1. The molecule has 2 fully saturated rings. The zero-order valence-corrected chi connectivity index (χ0v) is 16.4. The van der Waals surface area contributed by atoms with Crippen molar-refractivity contribution < 1.29 is 18.8 Å². The first-order chi connectivity index (χ1) is 15.0. The molecule has 31 heavy (non-hydrogen) atoms. The number of amides is 4. The zero-order chi connectivity index (χ0) is 21.6. The average molecular weight is 422 g/mol. The van der Waals surface area contributed by atoms with Crippen LogP contribution in [0, 0.1) is 5.82 Å². The zero-order valence-electron chi connectivity index (χ0n) is 16.4. The lowest BCUT2D eigenvalue weighted by molar-refractivity contribution is -0.125. The van der Waals surface area contributed by atoms with Gasteiger partial charge in [0.25, 0.3) is 11.8 Å². The molecule has 4 amide bonds. The van der Waals surface area contributed by atoms with E-state index in [0.717, 1.165) is 0 Å². The molecule has 0 atom stereocenters. The minimum Gasteiger partial charge on any atom is -0.338 e. The maximum Gasteiger partial charge on any atom is 0.322 e. The molecule has 2 aliphatic heterocycles. The van der Waals surface area contributed by atoms with E-state index in [1.165, 1.54) is 16.9 Å². The number of imide groups is 1. The Hall–Kier alpha value is -3.95. The van der Waals surface area contributed by atoms with E-state index in [0.29, 0.717) is 37.3 Å². The van der Waals surface area contributed by atoms with Gasteiger partial charge in [0, 0.05) is 25.5 Å². The van der Waals surface area contributed by atoms with Crippen LogP contribution >= 0.6 is 0 Å². The van der Waals surface area contributed by atoms with Gasteiger partial charge in [0.05, 0.1) is 6.20 Å². The van der Waals surface area contributed by atoms with Crippen molar-refractivity contribution in [2.24, 2.45) is 0 Å². The number of nitrogens with one attached hydrogen (secondary N) is 2. The molecule has 2 N–H and O–H groups in total. The summed E-state index contributed by atoms with van der Waals surface area (Å²) < 4.78 is 17.6. The average Bonchev–Trinajstić information content (AvgIpc) is 3.48. The van der Waals surface area contributed by atoms with E-state index in [2.05, 4.69) is 15.7 Å². The Morgan fingerprint density at radius 3 is 2.42 bits per heavy atom. The summed E-state index contributed by atoms with van der Waals surface area (Å²) >= 11 is 0. The normalized spacial score (nSPS) is 17.6. The lowest BCUT2D eigenvalue weighted by atomic mass is 9.87. The van der Waals surface area contributed by atoms with Crippen molar-refractivity contribution in [2.75, 3.05) is 13.1 Å². The van der Waals surface area contributed by atoms with Gasteiger partial charge in [-0.2, -0.15) is 5.10 Å². The van der Waals surface area contributed by atoms with Gasteiger partial charge in [0.15, 0.2) is 5.82 Å². The number of aromatic nitrogens is 3. The van der Waals surface area contributed by atoms with Gasteiger partial charge in [-0.3, -0.25) is 14.9 Å². The highest BCUT2D eigenvalue weighted by atomic mass is 19.1. The minimum absolute atomic E-state index is 0.230. The number of para-hydroxylation sites is 1. The van der Waals surface area contributed by atoms with E-state index in [-0.39, 0.29) is 17.5 Å². The largest absolute Gasteiger partial charge is 0.338 e. The molecule has 1 spiro atoms. The monoisotopic (exact) mass is 422 g/mol. The Balaban J connectivity index is 1.47. The fourth-order valence-electron chi connectivity index (χ4n) is 4.16. The molecule has 2 saturated heterocycles. The number of carbonyl (C=O) groups excluding carboxylic acids is 3. The van der Waals surface area contributed by atoms with Crippen LogP contribution in [0.3, 0.4) is 0 Å². The second-order valence-corrected chi connectivity index (χ2v) is 7.62. The van der Waals surface area contributed by atoms with Crippen LogP contribution < -0.4 is 10.6 Å². The maximum absolute atomic E-state index is 14.5. The van der Waals surface area contributed by atoms with E-state index >= 15 is 0 Å². The maximum atomic E-state index is 14.5. The van der Waals surface area contributed by atoms with Gasteiger partial charge in [0.1, 0.15) is 22.6 Å². The second-order valence-electron chi connectivity index (χ2n) is 7.62. The number of carbonyl (C=O) groups is 3. The third kappa shape index (κ3) is 3.07. The SMILES string of the molecule is O=C1NC(=O)C2(CCN(C(=O)c3cnn(-c4ccccc4F)c3-n3cccc3)CC2)N1. The van der Waals surface area contributed by atoms with Crippen LogP contribution in [0.4, 0.5) is 9.18 Å². The number of hydrogen-bond acceptors (Lipinski definition) is 4. The van der Waals surface area contributed by atoms with Gasteiger partial charge in [0.2, 0.25) is 0 Å². The molecule has 0 aliphatic carbocycles. The Labute approximate surface area is 176 Å². The molecule has 5 rings (SSSR count). The highest BCUT2D eigenvalue weighted by Gasteiger charge is 2.48. The molecule has 10 heteroatoms. The Kier molecular flexibility index (Phi) is 4.35. The number of halogens is 1. The summed E-state index contributed by atoms with van der Waals surface area (Å²) in [5.74, 6) is -0.663. The van der Waals surface area contributed by atoms with Crippen molar-refractivity contribution >= 4 is 17.8 Å². The van der Waals surface area contributed by atoms with Gasteiger partial charge >= 0.3 is 6.03 Å². The van der Waals surface area contributed by atoms with Crippen molar-refractivity contribution in [3.63, 3.8) is 0 Å². The van der Waals surface area contributed by atoms with Gasteiger partial charge in [-0.1, -0.05) is 12.1 Å². The lowest BCUT2D eigenvalue weighted by Gasteiger charge is -2.36. The second kappa shape index (κ2) is 7.08. The van der Waals surface area contributed by atoms with Crippen molar-refractivity contribution in [1.29, 1.82) is 0 Å². The Bertz CT molecular complexity index is 1180. The molecule has 0 radical (unpaired) electrons. The third-order valence-electron chi connectivity index (χ3n) is 5.82. The Morgan fingerprint density at radius 1 is 1.06 bits per heavy atom. The number of benzene rings is 1. The standard InChI is InChI=1S/C21H19FN6O3/c22-15-5-1-2-6-16(15)28-17(26-9-3-4-10-26)14(13-23-28)18(29)27-11-7-21(8-12-27)19(30)24-20(31)25-21/h1-6,9-10,13H,7-8,11-12H2,(H2,24,25,30,31). The van der Waals surface area contributed by atoms with Crippen LogP contribution in [-0.4, -0.2) is 55.7 Å². The van der Waals surface area contributed by atoms with Gasteiger partial charge in [-0.25, -0.2) is 13.9 Å².